The molecular formula is C25H21F3N2O7S. The number of sulfonamides is 1. The zero-order valence-corrected chi connectivity index (χ0v) is 21.0. The highest BCUT2D eigenvalue weighted by Gasteiger charge is 2.34. The fourth-order valence-corrected chi connectivity index (χ4v) is 4.74. The summed E-state index contributed by atoms with van der Waals surface area (Å²) in [6, 6.07) is 13.6. The summed E-state index contributed by atoms with van der Waals surface area (Å²) in [4.78, 5) is 3.63. The Hall–Kier alpha value is -4.39. The minimum Gasteiger partial charge on any atom is -0.493 e. The van der Waals surface area contributed by atoms with E-state index in [0.29, 0.717) is 28.2 Å². The van der Waals surface area contributed by atoms with Gasteiger partial charge < -0.3 is 23.7 Å². The maximum atomic E-state index is 12.9. The van der Waals surface area contributed by atoms with E-state index in [4.69, 9.17) is 18.9 Å². The van der Waals surface area contributed by atoms with Gasteiger partial charge in [0.2, 0.25) is 0 Å². The highest BCUT2D eigenvalue weighted by Crippen LogP contribution is 2.40. The molecule has 4 aromatic rings. The Bertz CT molecular complexity index is 1580. The summed E-state index contributed by atoms with van der Waals surface area (Å²) < 4.78 is 92.2. The molecule has 0 aliphatic heterocycles. The van der Waals surface area contributed by atoms with Gasteiger partial charge >= 0.3 is 6.36 Å². The van der Waals surface area contributed by atoms with Crippen molar-refractivity contribution < 1.29 is 45.3 Å². The van der Waals surface area contributed by atoms with Crippen molar-refractivity contribution in [1.82, 2.24) is 4.98 Å². The summed E-state index contributed by atoms with van der Waals surface area (Å²) in [5.41, 5.74) is 0.588. The number of halogens is 3. The van der Waals surface area contributed by atoms with Crippen LogP contribution in [0.1, 0.15) is 0 Å². The molecule has 0 saturated heterocycles. The van der Waals surface area contributed by atoms with Gasteiger partial charge in [0.1, 0.15) is 16.4 Å². The van der Waals surface area contributed by atoms with Crippen LogP contribution in [0.2, 0.25) is 0 Å². The van der Waals surface area contributed by atoms with Crippen molar-refractivity contribution in [2.24, 2.45) is 0 Å². The standard InChI is InChI=1S/C25H21F3N2O7S/c1-33-21-12-15(30-38(31,32)24-7-5-4-6-20(24)37-25(26,27)28)8-9-19(21)36-18-10-11-29-17-14-23(35-3)22(34-2)13-16(17)18/h4-14,30H,1-3H3. The summed E-state index contributed by atoms with van der Waals surface area (Å²) in [5, 5.41) is 0.609. The van der Waals surface area contributed by atoms with Crippen LogP contribution < -0.4 is 28.4 Å². The number of rotatable bonds is 9. The second kappa shape index (κ2) is 10.5. The lowest BCUT2D eigenvalue weighted by atomic mass is 10.1. The first-order valence-corrected chi connectivity index (χ1v) is 12.3. The Morgan fingerprint density at radius 2 is 1.42 bits per heavy atom. The summed E-state index contributed by atoms with van der Waals surface area (Å²) in [6.45, 7) is 0. The topological polar surface area (TPSA) is 105 Å². The smallest absolute Gasteiger partial charge is 0.493 e. The predicted octanol–water partition coefficient (Wildman–Crippen LogP) is 5.75. The number of anilines is 1. The average molecular weight is 551 g/mol. The van der Waals surface area contributed by atoms with E-state index < -0.39 is 27.0 Å². The Balaban J connectivity index is 1.65. The van der Waals surface area contributed by atoms with Crippen LogP contribution in [0.15, 0.2) is 71.8 Å². The number of nitrogens with one attached hydrogen (secondary N) is 1. The van der Waals surface area contributed by atoms with Crippen molar-refractivity contribution in [2.75, 3.05) is 26.1 Å². The van der Waals surface area contributed by atoms with E-state index in [1.807, 2.05) is 0 Å². The lowest BCUT2D eigenvalue weighted by molar-refractivity contribution is -0.275. The van der Waals surface area contributed by atoms with Gasteiger partial charge in [-0.3, -0.25) is 9.71 Å². The van der Waals surface area contributed by atoms with E-state index >= 15 is 0 Å². The summed E-state index contributed by atoms with van der Waals surface area (Å²) in [5.74, 6) is 0.872. The van der Waals surface area contributed by atoms with Gasteiger partial charge in [-0.25, -0.2) is 8.42 Å². The molecule has 1 N–H and O–H groups in total. The first kappa shape index (κ1) is 26.7. The third-order valence-corrected chi connectivity index (χ3v) is 6.63. The van der Waals surface area contributed by atoms with E-state index in [-0.39, 0.29) is 17.2 Å². The van der Waals surface area contributed by atoms with Crippen LogP contribution in [0.4, 0.5) is 18.9 Å². The molecule has 200 valence electrons. The highest BCUT2D eigenvalue weighted by atomic mass is 32.2. The number of pyridine rings is 1. The van der Waals surface area contributed by atoms with E-state index in [1.54, 1.807) is 24.4 Å². The predicted molar refractivity (Wildman–Crippen MR) is 132 cm³/mol. The van der Waals surface area contributed by atoms with Gasteiger partial charge in [-0.15, -0.1) is 13.2 Å². The van der Waals surface area contributed by atoms with Crippen LogP contribution in [0, 0.1) is 0 Å². The van der Waals surface area contributed by atoms with E-state index in [9.17, 15) is 21.6 Å². The zero-order chi connectivity index (χ0) is 27.5. The second-order valence-corrected chi connectivity index (χ2v) is 9.25. The third kappa shape index (κ3) is 5.78. The molecule has 1 aromatic heterocycles. The molecule has 0 aliphatic carbocycles. The summed E-state index contributed by atoms with van der Waals surface area (Å²) in [6.07, 6.45) is -3.53. The van der Waals surface area contributed by atoms with Crippen LogP contribution in [0.5, 0.6) is 34.5 Å². The van der Waals surface area contributed by atoms with Gasteiger partial charge in [0.25, 0.3) is 10.0 Å². The highest BCUT2D eigenvalue weighted by molar-refractivity contribution is 7.92. The van der Waals surface area contributed by atoms with E-state index in [0.717, 1.165) is 12.1 Å². The van der Waals surface area contributed by atoms with Gasteiger partial charge in [-0.05, 0) is 36.4 Å². The minimum absolute atomic E-state index is 0.0157. The van der Waals surface area contributed by atoms with Gasteiger partial charge in [0, 0.05) is 23.7 Å². The molecule has 0 bridgehead atoms. The van der Waals surface area contributed by atoms with E-state index in [1.165, 1.54) is 51.7 Å². The number of alkyl halides is 3. The maximum absolute atomic E-state index is 12.9. The number of para-hydroxylation sites is 1. The quantitative estimate of drug-likeness (QED) is 0.281. The number of hydrogen-bond donors (Lipinski definition) is 1. The van der Waals surface area contributed by atoms with Crippen molar-refractivity contribution >= 4 is 26.6 Å². The molecule has 0 atom stereocenters. The van der Waals surface area contributed by atoms with Crippen molar-refractivity contribution in [2.45, 2.75) is 11.3 Å². The van der Waals surface area contributed by atoms with Gasteiger partial charge in [0.15, 0.2) is 23.0 Å². The molecule has 0 fully saturated rings. The van der Waals surface area contributed by atoms with Crippen molar-refractivity contribution in [3.05, 3.63) is 66.9 Å². The number of methoxy groups -OCH3 is 3. The van der Waals surface area contributed by atoms with E-state index in [2.05, 4.69) is 14.4 Å². The Morgan fingerprint density at radius 1 is 0.763 bits per heavy atom. The molecule has 1 heterocycles. The van der Waals surface area contributed by atoms with Crippen molar-refractivity contribution in [1.29, 1.82) is 0 Å². The number of hydrogen-bond acceptors (Lipinski definition) is 8. The number of fused-ring (bicyclic) bond motifs is 1. The number of nitrogens with zero attached hydrogens (tertiary/aromatic N) is 1. The number of benzene rings is 3. The molecule has 9 nitrogen and oxygen atoms in total. The first-order valence-electron chi connectivity index (χ1n) is 10.8. The number of ether oxygens (including phenoxy) is 5. The fourth-order valence-electron chi connectivity index (χ4n) is 3.56. The molecule has 38 heavy (non-hydrogen) atoms. The zero-order valence-electron chi connectivity index (χ0n) is 20.2. The summed E-state index contributed by atoms with van der Waals surface area (Å²) in [7, 11) is -0.105. The molecule has 4 rings (SSSR count). The normalized spacial score (nSPS) is 11.6. The van der Waals surface area contributed by atoms with Crippen LogP contribution in [-0.2, 0) is 10.0 Å². The molecule has 0 amide bonds. The van der Waals surface area contributed by atoms with Crippen LogP contribution in [0.25, 0.3) is 10.9 Å². The number of aromatic nitrogens is 1. The van der Waals surface area contributed by atoms with Crippen molar-refractivity contribution in [3.63, 3.8) is 0 Å². The molecule has 3 aromatic carbocycles. The lowest BCUT2D eigenvalue weighted by Crippen LogP contribution is -2.20. The van der Waals surface area contributed by atoms with Gasteiger partial charge in [0.05, 0.1) is 32.5 Å². The Kier molecular flexibility index (Phi) is 7.39. The largest absolute Gasteiger partial charge is 0.573 e. The molecule has 13 heteroatoms. The summed E-state index contributed by atoms with van der Waals surface area (Å²) >= 11 is 0. The second-order valence-electron chi connectivity index (χ2n) is 7.60. The van der Waals surface area contributed by atoms with Crippen LogP contribution in [-0.4, -0.2) is 41.1 Å². The van der Waals surface area contributed by atoms with Crippen LogP contribution in [0.3, 0.4) is 0 Å². The minimum atomic E-state index is -5.07. The van der Waals surface area contributed by atoms with Crippen LogP contribution >= 0.6 is 0 Å². The first-order chi connectivity index (χ1) is 18.0. The Labute approximate surface area is 215 Å². The van der Waals surface area contributed by atoms with Crippen molar-refractivity contribution in [3.8, 4) is 34.5 Å². The maximum Gasteiger partial charge on any atom is 0.573 e. The molecule has 0 spiro atoms. The fraction of sp³-hybridized carbons (Fsp3) is 0.160. The molecule has 0 unspecified atom stereocenters. The molecule has 0 aliphatic rings. The van der Waals surface area contributed by atoms with Gasteiger partial charge in [-0.1, -0.05) is 12.1 Å². The Morgan fingerprint density at radius 3 is 2.11 bits per heavy atom. The van der Waals surface area contributed by atoms with Gasteiger partial charge in [-0.2, -0.15) is 0 Å². The third-order valence-electron chi connectivity index (χ3n) is 5.21. The lowest BCUT2D eigenvalue weighted by Gasteiger charge is -2.16. The average Bonchev–Trinajstić information content (AvgIpc) is 2.88. The molecular weight excluding hydrogens is 529 g/mol. The molecule has 0 radical (unpaired) electrons. The SMILES string of the molecule is COc1cc2nccc(Oc3ccc(NS(=O)(=O)c4ccccc4OC(F)(F)F)cc3OC)c2cc1OC. The molecule has 0 saturated carbocycles. The monoisotopic (exact) mass is 550 g/mol.